The molecule has 0 aliphatic carbocycles. The lowest BCUT2D eigenvalue weighted by molar-refractivity contribution is -0.138. The molecule has 0 heterocycles. The third-order valence-corrected chi connectivity index (χ3v) is 4.98. The minimum Gasteiger partial charge on any atom is -0.512 e. The van der Waals surface area contributed by atoms with E-state index in [1.807, 2.05) is 24.3 Å². The van der Waals surface area contributed by atoms with Gasteiger partial charge in [-0.2, -0.15) is 0 Å². The van der Waals surface area contributed by atoms with Crippen LogP contribution in [0.15, 0.2) is 52.1 Å². The number of rotatable bonds is 9. The third kappa shape index (κ3) is 7.80. The molecule has 0 saturated heterocycles. The second-order valence-electron chi connectivity index (χ2n) is 6.09. The maximum absolute atomic E-state index is 11.9. The first kappa shape index (κ1) is 21.3. The number of hydrogen-bond donors (Lipinski definition) is 2. The Labute approximate surface area is 157 Å². The number of benzene rings is 1. The summed E-state index contributed by atoms with van der Waals surface area (Å²) in [6.07, 6.45) is 3.85. The van der Waals surface area contributed by atoms with E-state index in [1.54, 1.807) is 26.8 Å². The zero-order valence-corrected chi connectivity index (χ0v) is 16.2. The van der Waals surface area contributed by atoms with Gasteiger partial charge < -0.3 is 10.2 Å². The fourth-order valence-electron chi connectivity index (χ4n) is 1.93. The summed E-state index contributed by atoms with van der Waals surface area (Å²) in [4.78, 5) is 23.9. The summed E-state index contributed by atoms with van der Waals surface area (Å²) in [6, 6.07) is 7.50. The van der Waals surface area contributed by atoms with Crippen LogP contribution >= 0.6 is 23.4 Å². The number of aryl methyl sites for hydroxylation is 1. The Hall–Kier alpha value is -1.72. The van der Waals surface area contributed by atoms with Crippen LogP contribution < -0.4 is 0 Å². The highest BCUT2D eigenvalue weighted by atomic mass is 35.5. The maximum atomic E-state index is 11.9. The molecule has 0 amide bonds. The fraction of sp³-hybridized carbons (Fsp3) is 0.368. The van der Waals surface area contributed by atoms with Gasteiger partial charge in [0.05, 0.1) is 6.42 Å². The van der Waals surface area contributed by atoms with Crippen molar-refractivity contribution < 1.29 is 19.8 Å². The molecule has 0 aliphatic rings. The molecule has 0 atom stereocenters. The number of carboxylic acid groups (broad SMARTS) is 1. The lowest BCUT2D eigenvalue weighted by Gasteiger charge is -2.18. The molecule has 136 valence electrons. The molecule has 0 bridgehead atoms. The number of halogens is 1. The molecule has 4 nitrogen and oxygen atoms in total. The number of aliphatic hydroxyl groups is 1. The number of thioether (sulfide) groups is 1. The molecule has 1 rings (SSSR count). The number of aliphatic hydroxyl groups excluding tert-OH is 1. The Kier molecular flexibility index (Phi) is 8.26. The van der Waals surface area contributed by atoms with Crippen LogP contribution in [0, 0.1) is 0 Å². The van der Waals surface area contributed by atoms with Crippen molar-refractivity contribution in [3.8, 4) is 0 Å². The monoisotopic (exact) mass is 382 g/mol. The van der Waals surface area contributed by atoms with Crippen molar-refractivity contribution in [2.75, 3.05) is 0 Å². The highest BCUT2D eigenvalue weighted by Crippen LogP contribution is 2.32. The van der Waals surface area contributed by atoms with Gasteiger partial charge in [-0.25, -0.2) is 0 Å². The molecular formula is C19H23ClO4S. The van der Waals surface area contributed by atoms with E-state index in [0.717, 1.165) is 10.5 Å². The second kappa shape index (κ2) is 9.68. The number of carbonyl (C=O) groups is 2. The first-order valence-electron chi connectivity index (χ1n) is 7.88. The Bertz CT molecular complexity index is 675. The van der Waals surface area contributed by atoms with E-state index in [0.29, 0.717) is 17.9 Å². The normalized spacial score (nSPS) is 13.0. The minimum absolute atomic E-state index is 0.0369. The van der Waals surface area contributed by atoms with Crippen LogP contribution in [0.3, 0.4) is 0 Å². The number of aliphatic carboxylic acids is 1. The first-order chi connectivity index (χ1) is 11.6. The molecule has 6 heteroatoms. The predicted octanol–water partition coefficient (Wildman–Crippen LogP) is 5.12. The van der Waals surface area contributed by atoms with Crippen LogP contribution in [0.4, 0.5) is 0 Å². The van der Waals surface area contributed by atoms with E-state index in [9.17, 15) is 14.7 Å². The first-order valence-corrected chi connectivity index (χ1v) is 9.08. The lowest BCUT2D eigenvalue weighted by atomic mass is 10.1. The number of carbonyl (C=O) groups excluding carboxylic acids is 1. The van der Waals surface area contributed by atoms with Crippen LogP contribution in [-0.2, 0) is 16.0 Å². The highest BCUT2D eigenvalue weighted by Gasteiger charge is 2.28. The topological polar surface area (TPSA) is 74.6 Å². The summed E-state index contributed by atoms with van der Waals surface area (Å²) in [5, 5.41) is 19.2. The molecule has 0 saturated carbocycles. The van der Waals surface area contributed by atoms with Gasteiger partial charge in [-0.3, -0.25) is 9.59 Å². The quantitative estimate of drug-likeness (QED) is 0.352. The van der Waals surface area contributed by atoms with E-state index >= 15 is 0 Å². The maximum Gasteiger partial charge on any atom is 0.319 e. The van der Waals surface area contributed by atoms with Crippen molar-refractivity contribution in [1.82, 2.24) is 0 Å². The van der Waals surface area contributed by atoms with Gasteiger partial charge in [0.15, 0.2) is 0 Å². The van der Waals surface area contributed by atoms with Gasteiger partial charge in [0.25, 0.3) is 0 Å². The minimum atomic E-state index is -0.893. The summed E-state index contributed by atoms with van der Waals surface area (Å²) >= 11 is 7.05. The largest absolute Gasteiger partial charge is 0.512 e. The molecule has 0 spiro atoms. The van der Waals surface area contributed by atoms with Gasteiger partial charge in [-0.05, 0) is 51.0 Å². The molecular weight excluding hydrogens is 360 g/mol. The van der Waals surface area contributed by atoms with E-state index < -0.39 is 10.7 Å². The van der Waals surface area contributed by atoms with Gasteiger partial charge in [-0.1, -0.05) is 29.8 Å². The molecule has 25 heavy (non-hydrogen) atoms. The molecule has 0 radical (unpaired) electrons. The number of carboxylic acids is 1. The molecule has 2 N–H and O–H groups in total. The zero-order chi connectivity index (χ0) is 19.0. The third-order valence-electron chi connectivity index (χ3n) is 3.46. The predicted molar refractivity (Wildman–Crippen MR) is 102 cm³/mol. The Balaban J connectivity index is 2.55. The van der Waals surface area contributed by atoms with Crippen LogP contribution in [0.25, 0.3) is 0 Å². The van der Waals surface area contributed by atoms with Crippen molar-refractivity contribution >= 4 is 35.1 Å². The van der Waals surface area contributed by atoms with Crippen LogP contribution in [0.5, 0.6) is 0 Å². The zero-order valence-electron chi connectivity index (χ0n) is 14.6. The Morgan fingerprint density at radius 2 is 1.80 bits per heavy atom. The van der Waals surface area contributed by atoms with E-state index in [1.165, 1.54) is 17.8 Å². The molecule has 0 fully saturated rings. The number of allylic oxidation sites excluding steroid dienone is 4. The van der Waals surface area contributed by atoms with Crippen LogP contribution in [-0.4, -0.2) is 26.7 Å². The summed E-state index contributed by atoms with van der Waals surface area (Å²) in [7, 11) is 0. The van der Waals surface area contributed by atoms with Crippen LogP contribution in [0.2, 0.25) is 0 Å². The smallest absolute Gasteiger partial charge is 0.319 e. The average molecular weight is 383 g/mol. The molecule has 1 aromatic carbocycles. The Morgan fingerprint density at radius 1 is 1.20 bits per heavy atom. The SMILES string of the molecule is C/C=C(Cl)\C=C(\O)CC(=O)CCc1ccc(SC(C)(C)C(=O)O)cc1. The van der Waals surface area contributed by atoms with Gasteiger partial charge in [-0.15, -0.1) is 11.8 Å². The van der Waals surface area contributed by atoms with E-state index in [-0.39, 0.29) is 18.0 Å². The lowest BCUT2D eigenvalue weighted by Crippen LogP contribution is -2.26. The molecule has 0 aromatic heterocycles. The summed E-state index contributed by atoms with van der Waals surface area (Å²) < 4.78 is -0.893. The number of hydrogen-bond acceptors (Lipinski definition) is 4. The highest BCUT2D eigenvalue weighted by molar-refractivity contribution is 8.01. The van der Waals surface area contributed by atoms with Gasteiger partial charge in [0.1, 0.15) is 16.3 Å². The van der Waals surface area contributed by atoms with Gasteiger partial charge in [0.2, 0.25) is 0 Å². The van der Waals surface area contributed by atoms with Gasteiger partial charge in [0, 0.05) is 16.3 Å². The average Bonchev–Trinajstić information content (AvgIpc) is 2.53. The van der Waals surface area contributed by atoms with Gasteiger partial charge >= 0.3 is 5.97 Å². The fourth-order valence-corrected chi connectivity index (χ4v) is 3.00. The van der Waals surface area contributed by atoms with E-state index in [4.69, 9.17) is 16.7 Å². The van der Waals surface area contributed by atoms with Crippen LogP contribution in [0.1, 0.15) is 39.2 Å². The Morgan fingerprint density at radius 3 is 2.32 bits per heavy atom. The number of ketones is 1. The summed E-state index contributed by atoms with van der Waals surface area (Å²) in [5.41, 5.74) is 0.987. The second-order valence-corrected chi connectivity index (χ2v) is 8.22. The van der Waals surface area contributed by atoms with Crippen molar-refractivity contribution in [2.45, 2.75) is 49.7 Å². The van der Waals surface area contributed by atoms with E-state index in [2.05, 4.69) is 0 Å². The molecule has 0 aliphatic heterocycles. The summed E-state index contributed by atoms with van der Waals surface area (Å²) in [6.45, 7) is 5.06. The van der Waals surface area contributed by atoms with Crippen molar-refractivity contribution in [2.24, 2.45) is 0 Å². The van der Waals surface area contributed by atoms with Crippen molar-refractivity contribution in [3.05, 3.63) is 52.8 Å². The molecule has 1 aromatic rings. The summed E-state index contributed by atoms with van der Waals surface area (Å²) in [5.74, 6) is -0.978. The molecule has 0 unspecified atom stereocenters. The van der Waals surface area contributed by atoms with Crippen molar-refractivity contribution in [1.29, 1.82) is 0 Å². The standard InChI is InChI=1S/C19H23ClO4S/c1-4-14(20)11-16(22)12-15(21)8-5-13-6-9-17(10-7-13)25-19(2,3)18(23)24/h4,6-7,9-11,22H,5,8,12H2,1-3H3,(H,23,24)/b14-4+,16-11+. The number of Topliss-reactive ketones (excluding diaryl/α,β-unsaturated/α-hetero) is 1. The van der Waals surface area contributed by atoms with Crippen molar-refractivity contribution in [3.63, 3.8) is 0 Å².